The molecule has 1 fully saturated rings. The Morgan fingerprint density at radius 3 is 2.83 bits per heavy atom. The van der Waals surface area contributed by atoms with E-state index < -0.39 is 17.6 Å². The van der Waals surface area contributed by atoms with Gasteiger partial charge in [0, 0.05) is 30.9 Å². The highest BCUT2D eigenvalue weighted by Crippen LogP contribution is 2.28. The van der Waals surface area contributed by atoms with Crippen LogP contribution in [0.15, 0.2) is 58.7 Å². The first kappa shape index (κ1) is 23.0. The fourth-order valence-corrected chi connectivity index (χ4v) is 5.05. The average molecular weight is 497 g/mol. The van der Waals surface area contributed by atoms with Crippen LogP contribution in [0.25, 0.3) is 15.9 Å². The SMILES string of the molecule is COc1cccc(-n2c(N3CCCC(C(=O)Nc4ccc(F)c(F)c4)C3)nc3ccsc3c2=O)c1. The Balaban J connectivity index is 1.49. The van der Waals surface area contributed by atoms with Crippen LogP contribution in [-0.4, -0.2) is 35.7 Å². The summed E-state index contributed by atoms with van der Waals surface area (Å²) in [5.41, 5.74) is 1.21. The predicted octanol–water partition coefficient (Wildman–Crippen LogP) is 4.59. The van der Waals surface area contributed by atoms with Gasteiger partial charge in [0.05, 0.1) is 24.2 Å². The number of anilines is 2. The number of hydrogen-bond donors (Lipinski definition) is 1. The highest BCUT2D eigenvalue weighted by Gasteiger charge is 2.29. The van der Waals surface area contributed by atoms with Crippen LogP contribution in [0.5, 0.6) is 5.75 Å². The van der Waals surface area contributed by atoms with Crippen LogP contribution in [0.4, 0.5) is 20.4 Å². The van der Waals surface area contributed by atoms with E-state index in [0.717, 1.165) is 12.1 Å². The third-order valence-electron chi connectivity index (χ3n) is 6.04. The number of benzene rings is 2. The van der Waals surface area contributed by atoms with Gasteiger partial charge in [0.15, 0.2) is 11.6 Å². The number of hydrogen-bond acceptors (Lipinski definition) is 6. The topological polar surface area (TPSA) is 76.5 Å². The second kappa shape index (κ2) is 9.46. The summed E-state index contributed by atoms with van der Waals surface area (Å²) in [6.07, 6.45) is 1.32. The molecule has 0 radical (unpaired) electrons. The third-order valence-corrected chi connectivity index (χ3v) is 6.93. The smallest absolute Gasteiger partial charge is 0.277 e. The van der Waals surface area contributed by atoms with E-state index in [2.05, 4.69) is 5.32 Å². The molecule has 1 atom stereocenters. The molecule has 7 nitrogen and oxygen atoms in total. The standard InChI is InChI=1S/C25H22F2N4O3S/c1-34-18-6-2-5-17(13-18)31-24(33)22-21(9-11-35-22)29-25(31)30-10-3-4-15(14-30)23(32)28-16-7-8-19(26)20(27)12-16/h2,5-9,11-13,15H,3-4,10,14H2,1H3,(H,28,32). The summed E-state index contributed by atoms with van der Waals surface area (Å²) in [4.78, 5) is 33.2. The van der Waals surface area contributed by atoms with Crippen molar-refractivity contribution >= 4 is 39.1 Å². The van der Waals surface area contributed by atoms with Crippen LogP contribution < -0.4 is 20.5 Å². The van der Waals surface area contributed by atoms with Crippen LogP contribution >= 0.6 is 11.3 Å². The molecule has 0 saturated carbocycles. The lowest BCUT2D eigenvalue weighted by Gasteiger charge is -2.34. The number of nitrogens with one attached hydrogen (secondary N) is 1. The zero-order valence-electron chi connectivity index (χ0n) is 18.8. The first-order valence-electron chi connectivity index (χ1n) is 11.1. The number of nitrogens with zero attached hydrogens (tertiary/aromatic N) is 3. The van der Waals surface area contributed by atoms with Crippen LogP contribution in [-0.2, 0) is 4.79 Å². The van der Waals surface area contributed by atoms with Gasteiger partial charge in [-0.1, -0.05) is 6.07 Å². The van der Waals surface area contributed by atoms with Gasteiger partial charge in [0.1, 0.15) is 10.4 Å². The van der Waals surface area contributed by atoms with Gasteiger partial charge in [0.25, 0.3) is 5.56 Å². The third kappa shape index (κ3) is 4.49. The lowest BCUT2D eigenvalue weighted by molar-refractivity contribution is -0.120. The lowest BCUT2D eigenvalue weighted by atomic mass is 9.97. The molecule has 1 amide bonds. The second-order valence-electron chi connectivity index (χ2n) is 8.29. The van der Waals surface area contributed by atoms with Crippen LogP contribution in [0.2, 0.25) is 0 Å². The number of fused-ring (bicyclic) bond motifs is 1. The molecule has 0 aliphatic carbocycles. The summed E-state index contributed by atoms with van der Waals surface area (Å²) in [6.45, 7) is 0.933. The first-order valence-corrected chi connectivity index (χ1v) is 12.0. The highest BCUT2D eigenvalue weighted by atomic mass is 32.1. The molecule has 2 aromatic heterocycles. The Labute approximate surface area is 203 Å². The van der Waals surface area contributed by atoms with E-state index in [-0.39, 0.29) is 17.2 Å². The van der Waals surface area contributed by atoms with Crippen molar-refractivity contribution < 1.29 is 18.3 Å². The molecular formula is C25H22F2N4O3S. The number of amides is 1. The maximum Gasteiger partial charge on any atom is 0.277 e. The average Bonchev–Trinajstić information content (AvgIpc) is 3.35. The summed E-state index contributed by atoms with van der Waals surface area (Å²) in [7, 11) is 1.56. The Morgan fingerprint density at radius 2 is 2.03 bits per heavy atom. The fourth-order valence-electron chi connectivity index (χ4n) is 4.29. The summed E-state index contributed by atoms with van der Waals surface area (Å²) in [6, 6.07) is 12.2. The molecule has 5 rings (SSSR count). The number of halogens is 2. The Morgan fingerprint density at radius 1 is 1.17 bits per heavy atom. The minimum atomic E-state index is -1.02. The largest absolute Gasteiger partial charge is 0.497 e. The first-order chi connectivity index (χ1) is 16.9. The molecule has 180 valence electrons. The van der Waals surface area contributed by atoms with Gasteiger partial charge in [-0.05, 0) is 48.6 Å². The molecule has 1 aliphatic heterocycles. The van der Waals surface area contributed by atoms with Gasteiger partial charge >= 0.3 is 0 Å². The van der Waals surface area contributed by atoms with E-state index >= 15 is 0 Å². The lowest BCUT2D eigenvalue weighted by Crippen LogP contribution is -2.43. The molecule has 0 bridgehead atoms. The molecule has 1 aliphatic rings. The molecule has 1 unspecified atom stereocenters. The van der Waals surface area contributed by atoms with E-state index in [1.54, 1.807) is 35.9 Å². The van der Waals surface area contributed by atoms with Crippen LogP contribution in [0.3, 0.4) is 0 Å². The Bertz CT molecular complexity index is 1470. The number of rotatable bonds is 5. The molecule has 10 heteroatoms. The molecule has 1 N–H and O–H groups in total. The van der Waals surface area contributed by atoms with Gasteiger partial charge in [-0.3, -0.25) is 9.59 Å². The number of thiophene rings is 1. The van der Waals surface area contributed by atoms with Gasteiger partial charge in [0.2, 0.25) is 11.9 Å². The summed E-state index contributed by atoms with van der Waals surface area (Å²) in [5, 5.41) is 4.50. The summed E-state index contributed by atoms with van der Waals surface area (Å²) < 4.78 is 34.3. The van der Waals surface area contributed by atoms with Gasteiger partial charge < -0.3 is 15.0 Å². The summed E-state index contributed by atoms with van der Waals surface area (Å²) in [5.74, 6) is -1.67. The van der Waals surface area contributed by atoms with E-state index in [4.69, 9.17) is 9.72 Å². The quantitative estimate of drug-likeness (QED) is 0.438. The normalized spacial score (nSPS) is 15.9. The number of piperidine rings is 1. The number of carbonyl (C=O) groups excluding carboxylic acids is 1. The van der Waals surface area contributed by atoms with Crippen molar-refractivity contribution in [2.45, 2.75) is 12.8 Å². The minimum Gasteiger partial charge on any atom is -0.497 e. The predicted molar refractivity (Wildman–Crippen MR) is 132 cm³/mol. The van der Waals surface area contributed by atoms with Crippen molar-refractivity contribution in [2.24, 2.45) is 5.92 Å². The van der Waals surface area contributed by atoms with E-state index in [1.807, 2.05) is 16.3 Å². The van der Waals surface area contributed by atoms with Crippen molar-refractivity contribution in [1.29, 1.82) is 0 Å². The Hall–Kier alpha value is -3.79. The van der Waals surface area contributed by atoms with E-state index in [1.165, 1.54) is 17.4 Å². The number of carbonyl (C=O) groups is 1. The second-order valence-corrected chi connectivity index (χ2v) is 9.21. The maximum absolute atomic E-state index is 13.6. The molecular weight excluding hydrogens is 474 g/mol. The van der Waals surface area contributed by atoms with E-state index in [0.29, 0.717) is 53.5 Å². The number of ether oxygens (including phenoxy) is 1. The molecule has 1 saturated heterocycles. The van der Waals surface area contributed by atoms with Crippen molar-refractivity contribution in [2.75, 3.05) is 30.4 Å². The van der Waals surface area contributed by atoms with Gasteiger partial charge in [-0.25, -0.2) is 18.3 Å². The van der Waals surface area contributed by atoms with Gasteiger partial charge in [-0.15, -0.1) is 11.3 Å². The van der Waals surface area contributed by atoms with Crippen molar-refractivity contribution in [3.8, 4) is 11.4 Å². The maximum atomic E-state index is 13.6. The van der Waals surface area contributed by atoms with Gasteiger partial charge in [-0.2, -0.15) is 0 Å². The van der Waals surface area contributed by atoms with Crippen molar-refractivity contribution in [1.82, 2.24) is 9.55 Å². The highest BCUT2D eigenvalue weighted by molar-refractivity contribution is 7.17. The van der Waals surface area contributed by atoms with Crippen molar-refractivity contribution in [3.63, 3.8) is 0 Å². The zero-order chi connectivity index (χ0) is 24.5. The van der Waals surface area contributed by atoms with Crippen LogP contribution in [0, 0.1) is 17.6 Å². The number of aromatic nitrogens is 2. The zero-order valence-corrected chi connectivity index (χ0v) is 19.6. The fraction of sp³-hybridized carbons (Fsp3) is 0.240. The molecule has 4 aromatic rings. The molecule has 3 heterocycles. The van der Waals surface area contributed by atoms with E-state index in [9.17, 15) is 18.4 Å². The summed E-state index contributed by atoms with van der Waals surface area (Å²) >= 11 is 1.33. The molecule has 2 aromatic carbocycles. The monoisotopic (exact) mass is 496 g/mol. The Kier molecular flexibility index (Phi) is 6.21. The number of methoxy groups -OCH3 is 1. The minimum absolute atomic E-state index is 0.192. The molecule has 0 spiro atoms. The molecule has 35 heavy (non-hydrogen) atoms. The van der Waals surface area contributed by atoms with Crippen molar-refractivity contribution in [3.05, 3.63) is 75.9 Å². The van der Waals surface area contributed by atoms with Crippen LogP contribution in [0.1, 0.15) is 12.8 Å².